The Bertz CT molecular complexity index is 406. The zero-order valence-electron chi connectivity index (χ0n) is 11.3. The van der Waals surface area contributed by atoms with Crippen LogP contribution in [0.3, 0.4) is 0 Å². The number of carbonyl (C=O) groups is 2. The molecule has 0 saturated heterocycles. The predicted octanol–water partition coefficient (Wildman–Crippen LogP) is 0.669. The van der Waals surface area contributed by atoms with Gasteiger partial charge in [0.05, 0.1) is 13.0 Å². The zero-order valence-corrected chi connectivity index (χ0v) is 11.3. The van der Waals surface area contributed by atoms with Crippen molar-refractivity contribution in [3.63, 3.8) is 0 Å². The molecule has 1 aromatic carbocycles. The summed E-state index contributed by atoms with van der Waals surface area (Å²) in [5.74, 6) is -0.899. The molecule has 0 spiro atoms. The van der Waals surface area contributed by atoms with E-state index in [9.17, 15) is 9.59 Å². The minimum atomic E-state index is -0.468. The van der Waals surface area contributed by atoms with E-state index >= 15 is 0 Å². The molecule has 2 N–H and O–H groups in total. The normalized spacial score (nSPS) is 11.7. The second-order valence-electron chi connectivity index (χ2n) is 4.14. The van der Waals surface area contributed by atoms with Crippen molar-refractivity contribution in [2.24, 2.45) is 0 Å². The highest BCUT2D eigenvalue weighted by Gasteiger charge is 2.21. The lowest BCUT2D eigenvalue weighted by Crippen LogP contribution is -2.33. The highest BCUT2D eigenvalue weighted by Crippen LogP contribution is 2.16. The van der Waals surface area contributed by atoms with Gasteiger partial charge in [-0.1, -0.05) is 30.3 Å². The Morgan fingerprint density at radius 1 is 1.26 bits per heavy atom. The van der Waals surface area contributed by atoms with Crippen molar-refractivity contribution in [3.05, 3.63) is 35.9 Å². The molecule has 0 saturated carbocycles. The van der Waals surface area contributed by atoms with Gasteiger partial charge in [-0.05, 0) is 12.6 Å². The molecule has 104 valence electrons. The van der Waals surface area contributed by atoms with E-state index in [1.54, 1.807) is 7.05 Å². The molecule has 1 amide bonds. The maximum Gasteiger partial charge on any atom is 0.314 e. The van der Waals surface area contributed by atoms with E-state index in [4.69, 9.17) is 4.74 Å². The standard InChI is InChI=1S/C14H20N2O3/c1-15-9-8-13(17)16-10-12(14(18)19-2)11-6-4-3-5-7-11/h3-7,12,15H,8-10H2,1-2H3,(H,16,17). The van der Waals surface area contributed by atoms with Gasteiger partial charge in [0.2, 0.25) is 5.91 Å². The van der Waals surface area contributed by atoms with Crippen LogP contribution in [-0.2, 0) is 14.3 Å². The van der Waals surface area contributed by atoms with Gasteiger partial charge in [-0.15, -0.1) is 0 Å². The average molecular weight is 264 g/mol. The molecule has 1 atom stereocenters. The number of esters is 1. The fraction of sp³-hybridized carbons (Fsp3) is 0.429. The van der Waals surface area contributed by atoms with Crippen LogP contribution < -0.4 is 10.6 Å². The van der Waals surface area contributed by atoms with Crippen LogP contribution in [0.2, 0.25) is 0 Å². The fourth-order valence-electron chi connectivity index (χ4n) is 1.71. The van der Waals surface area contributed by atoms with E-state index in [0.29, 0.717) is 13.0 Å². The Balaban J connectivity index is 2.62. The SMILES string of the molecule is CNCCC(=O)NCC(C(=O)OC)c1ccccc1. The van der Waals surface area contributed by atoms with Gasteiger partial charge in [0.15, 0.2) is 0 Å². The molecule has 0 heterocycles. The van der Waals surface area contributed by atoms with Crippen molar-refractivity contribution in [1.29, 1.82) is 0 Å². The van der Waals surface area contributed by atoms with Crippen molar-refractivity contribution in [1.82, 2.24) is 10.6 Å². The van der Waals surface area contributed by atoms with Crippen molar-refractivity contribution in [2.75, 3.05) is 27.2 Å². The Hall–Kier alpha value is -1.88. The number of rotatable bonds is 7. The minimum absolute atomic E-state index is 0.0841. The Labute approximate surface area is 113 Å². The molecule has 5 nitrogen and oxygen atoms in total. The van der Waals surface area contributed by atoms with E-state index in [1.165, 1.54) is 7.11 Å². The summed E-state index contributed by atoms with van der Waals surface area (Å²) in [7, 11) is 3.13. The number of hydrogen-bond donors (Lipinski definition) is 2. The zero-order chi connectivity index (χ0) is 14.1. The summed E-state index contributed by atoms with van der Waals surface area (Å²) in [6.07, 6.45) is 0.388. The van der Waals surface area contributed by atoms with Gasteiger partial charge in [-0.25, -0.2) is 0 Å². The van der Waals surface area contributed by atoms with Gasteiger partial charge in [0, 0.05) is 19.5 Å². The van der Waals surface area contributed by atoms with Crippen LogP contribution in [0.5, 0.6) is 0 Å². The lowest BCUT2D eigenvalue weighted by molar-refractivity contribution is -0.142. The van der Waals surface area contributed by atoms with Gasteiger partial charge < -0.3 is 15.4 Å². The Kier molecular flexibility index (Phi) is 6.60. The first-order chi connectivity index (χ1) is 9.19. The summed E-state index contributed by atoms with van der Waals surface area (Å²) in [4.78, 5) is 23.3. The number of carbonyl (C=O) groups excluding carboxylic acids is 2. The predicted molar refractivity (Wildman–Crippen MR) is 72.8 cm³/mol. The van der Waals surface area contributed by atoms with Crippen molar-refractivity contribution < 1.29 is 14.3 Å². The molecule has 0 fully saturated rings. The van der Waals surface area contributed by atoms with Crippen LogP contribution >= 0.6 is 0 Å². The van der Waals surface area contributed by atoms with Crippen LogP contribution in [0.4, 0.5) is 0 Å². The molecule has 0 aromatic heterocycles. The Morgan fingerprint density at radius 3 is 2.53 bits per heavy atom. The number of nitrogens with one attached hydrogen (secondary N) is 2. The number of benzene rings is 1. The summed E-state index contributed by atoms with van der Waals surface area (Å²) in [6.45, 7) is 0.860. The molecule has 0 bridgehead atoms. The van der Waals surface area contributed by atoms with Gasteiger partial charge in [0.25, 0.3) is 0 Å². The smallest absolute Gasteiger partial charge is 0.314 e. The summed E-state index contributed by atoms with van der Waals surface area (Å²) in [5.41, 5.74) is 0.836. The second kappa shape index (κ2) is 8.26. The number of amides is 1. The molecule has 1 unspecified atom stereocenters. The molecular formula is C14H20N2O3. The average Bonchev–Trinajstić information content (AvgIpc) is 2.46. The molecule has 0 aliphatic heterocycles. The highest BCUT2D eigenvalue weighted by molar-refractivity contribution is 5.81. The first kappa shape index (κ1) is 15.2. The lowest BCUT2D eigenvalue weighted by Gasteiger charge is -2.15. The maximum atomic E-state index is 11.8. The highest BCUT2D eigenvalue weighted by atomic mass is 16.5. The molecule has 0 aliphatic rings. The van der Waals surface area contributed by atoms with Crippen LogP contribution in [0.25, 0.3) is 0 Å². The van der Waals surface area contributed by atoms with Crippen LogP contribution in [0.1, 0.15) is 17.9 Å². The molecular weight excluding hydrogens is 244 g/mol. The molecule has 1 aromatic rings. The first-order valence-corrected chi connectivity index (χ1v) is 6.23. The summed E-state index contributed by atoms with van der Waals surface area (Å²) in [5, 5.41) is 5.65. The largest absolute Gasteiger partial charge is 0.468 e. The maximum absolute atomic E-state index is 11.8. The van der Waals surface area contributed by atoms with E-state index in [0.717, 1.165) is 5.56 Å². The van der Waals surface area contributed by atoms with E-state index < -0.39 is 5.92 Å². The van der Waals surface area contributed by atoms with Gasteiger partial charge in [-0.2, -0.15) is 0 Å². The van der Waals surface area contributed by atoms with Crippen LogP contribution in [0, 0.1) is 0 Å². The van der Waals surface area contributed by atoms with Crippen LogP contribution in [0.15, 0.2) is 30.3 Å². The lowest BCUT2D eigenvalue weighted by atomic mass is 9.99. The second-order valence-corrected chi connectivity index (χ2v) is 4.14. The molecule has 0 radical (unpaired) electrons. The van der Waals surface area contributed by atoms with Gasteiger partial charge in [0.1, 0.15) is 0 Å². The Morgan fingerprint density at radius 2 is 1.95 bits per heavy atom. The third-order valence-electron chi connectivity index (χ3n) is 2.79. The van der Waals surface area contributed by atoms with E-state index in [1.807, 2.05) is 30.3 Å². The van der Waals surface area contributed by atoms with Crippen molar-refractivity contribution >= 4 is 11.9 Å². The topological polar surface area (TPSA) is 67.4 Å². The monoisotopic (exact) mass is 264 g/mol. The third kappa shape index (κ3) is 5.09. The van der Waals surface area contributed by atoms with E-state index in [-0.39, 0.29) is 18.4 Å². The number of hydrogen-bond acceptors (Lipinski definition) is 4. The van der Waals surface area contributed by atoms with E-state index in [2.05, 4.69) is 10.6 Å². The third-order valence-corrected chi connectivity index (χ3v) is 2.79. The molecule has 5 heteroatoms. The quantitative estimate of drug-likeness (QED) is 0.710. The summed E-state index contributed by atoms with van der Waals surface area (Å²) >= 11 is 0. The molecule has 0 aliphatic carbocycles. The molecule has 1 rings (SSSR count). The van der Waals surface area contributed by atoms with Gasteiger partial charge in [-0.3, -0.25) is 9.59 Å². The minimum Gasteiger partial charge on any atom is -0.468 e. The van der Waals surface area contributed by atoms with Crippen LogP contribution in [-0.4, -0.2) is 39.1 Å². The fourth-order valence-corrected chi connectivity index (χ4v) is 1.71. The first-order valence-electron chi connectivity index (χ1n) is 6.23. The molecule has 19 heavy (non-hydrogen) atoms. The van der Waals surface area contributed by atoms with Crippen molar-refractivity contribution in [2.45, 2.75) is 12.3 Å². The summed E-state index contributed by atoms with van der Waals surface area (Å²) in [6, 6.07) is 9.29. The number of ether oxygens (including phenoxy) is 1. The summed E-state index contributed by atoms with van der Waals surface area (Å²) < 4.78 is 4.78. The van der Waals surface area contributed by atoms with Crippen molar-refractivity contribution in [3.8, 4) is 0 Å². The number of methoxy groups -OCH3 is 1. The van der Waals surface area contributed by atoms with Gasteiger partial charge >= 0.3 is 5.97 Å².